The Morgan fingerprint density at radius 1 is 0.781 bits per heavy atom. The summed E-state index contributed by atoms with van der Waals surface area (Å²) in [5, 5.41) is 9.53. The summed E-state index contributed by atoms with van der Waals surface area (Å²) in [7, 11) is 0. The first-order chi connectivity index (χ1) is 15.5. The van der Waals surface area contributed by atoms with E-state index in [4.69, 9.17) is 16.6 Å². The summed E-state index contributed by atoms with van der Waals surface area (Å²) in [5.41, 5.74) is 19.7. The summed E-state index contributed by atoms with van der Waals surface area (Å²) in [4.78, 5) is 0. The van der Waals surface area contributed by atoms with Gasteiger partial charge in [0.1, 0.15) is 0 Å². The standard InChI is InChI=1S/C28H46N4/c1-5-9-18-23-25(20-11-7-3)28(30,21-12-8-4)27(29)24(19-10-6-2)26(23)32-31-22-16-14-13-15-17-22/h13-17,27H,5-12,18-21,29-30H2,1-4H3. The van der Waals surface area contributed by atoms with Gasteiger partial charge < -0.3 is 11.5 Å². The first-order valence-electron chi connectivity index (χ1n) is 13.0. The van der Waals surface area contributed by atoms with Crippen LogP contribution < -0.4 is 11.5 Å². The van der Waals surface area contributed by atoms with Crippen molar-refractivity contribution in [1.29, 1.82) is 0 Å². The zero-order chi connectivity index (χ0) is 23.4. The van der Waals surface area contributed by atoms with Crippen LogP contribution in [-0.2, 0) is 0 Å². The summed E-state index contributed by atoms with van der Waals surface area (Å²) < 4.78 is 0. The number of hydrogen-bond acceptors (Lipinski definition) is 4. The Morgan fingerprint density at radius 2 is 1.38 bits per heavy atom. The zero-order valence-corrected chi connectivity index (χ0v) is 21.0. The molecule has 0 spiro atoms. The van der Waals surface area contributed by atoms with E-state index in [1.54, 1.807) is 0 Å². The van der Waals surface area contributed by atoms with E-state index in [1.807, 2.05) is 30.3 Å². The summed E-state index contributed by atoms with van der Waals surface area (Å²) >= 11 is 0. The number of nitrogens with zero attached hydrogens (tertiary/aromatic N) is 2. The molecule has 0 aromatic heterocycles. The van der Waals surface area contributed by atoms with Crippen LogP contribution in [0.4, 0.5) is 5.69 Å². The van der Waals surface area contributed by atoms with E-state index >= 15 is 0 Å². The molecular formula is C28H46N4. The summed E-state index contributed by atoms with van der Waals surface area (Å²) in [6.45, 7) is 8.96. The second-order valence-corrected chi connectivity index (χ2v) is 9.30. The van der Waals surface area contributed by atoms with Crippen LogP contribution in [0, 0.1) is 0 Å². The van der Waals surface area contributed by atoms with Crippen molar-refractivity contribution in [2.24, 2.45) is 21.7 Å². The highest BCUT2D eigenvalue weighted by Gasteiger charge is 2.43. The van der Waals surface area contributed by atoms with E-state index in [0.29, 0.717) is 0 Å². The van der Waals surface area contributed by atoms with Gasteiger partial charge in [0.2, 0.25) is 0 Å². The second-order valence-electron chi connectivity index (χ2n) is 9.30. The number of benzene rings is 1. The molecule has 2 unspecified atom stereocenters. The van der Waals surface area contributed by atoms with Crippen molar-refractivity contribution in [3.05, 3.63) is 52.7 Å². The Morgan fingerprint density at radius 3 is 2.00 bits per heavy atom. The van der Waals surface area contributed by atoms with Crippen molar-refractivity contribution >= 4 is 5.69 Å². The largest absolute Gasteiger partial charge is 0.322 e. The minimum absolute atomic E-state index is 0.192. The number of hydrogen-bond donors (Lipinski definition) is 2. The Hall–Kier alpha value is -1.78. The van der Waals surface area contributed by atoms with Crippen molar-refractivity contribution in [3.8, 4) is 0 Å². The highest BCUT2D eigenvalue weighted by Crippen LogP contribution is 2.44. The molecule has 4 heteroatoms. The predicted octanol–water partition coefficient (Wildman–Crippen LogP) is 8.12. The Balaban J connectivity index is 2.67. The van der Waals surface area contributed by atoms with Crippen LogP contribution in [0.2, 0.25) is 0 Å². The van der Waals surface area contributed by atoms with E-state index in [1.165, 1.54) is 16.7 Å². The summed E-state index contributed by atoms with van der Waals surface area (Å²) in [6, 6.07) is 9.82. The molecule has 0 aliphatic heterocycles. The molecule has 4 N–H and O–H groups in total. The van der Waals surface area contributed by atoms with Gasteiger partial charge in [0.05, 0.1) is 23.0 Å². The predicted molar refractivity (Wildman–Crippen MR) is 138 cm³/mol. The number of allylic oxidation sites excluding steroid dienone is 1. The van der Waals surface area contributed by atoms with Gasteiger partial charge in [-0.15, -0.1) is 0 Å². The van der Waals surface area contributed by atoms with Crippen molar-refractivity contribution in [2.45, 2.75) is 116 Å². The molecule has 1 aliphatic rings. The quantitative estimate of drug-likeness (QED) is 0.288. The SMILES string of the molecule is CCCCC1=C(CCCC)C(N)(CCCC)C(N)C(CCCC)=C1N=Nc1ccccc1. The molecule has 0 fully saturated rings. The van der Waals surface area contributed by atoms with Crippen LogP contribution in [0.3, 0.4) is 0 Å². The molecule has 2 atom stereocenters. The van der Waals surface area contributed by atoms with Crippen LogP contribution in [0.5, 0.6) is 0 Å². The molecule has 0 amide bonds. The van der Waals surface area contributed by atoms with Crippen molar-refractivity contribution in [2.75, 3.05) is 0 Å². The molecule has 1 aliphatic carbocycles. The van der Waals surface area contributed by atoms with Crippen molar-refractivity contribution < 1.29 is 0 Å². The fourth-order valence-corrected chi connectivity index (χ4v) is 4.77. The van der Waals surface area contributed by atoms with Crippen LogP contribution in [0.25, 0.3) is 0 Å². The first-order valence-corrected chi connectivity index (χ1v) is 13.0. The molecule has 0 saturated heterocycles. The number of rotatable bonds is 14. The van der Waals surface area contributed by atoms with E-state index < -0.39 is 5.54 Å². The third kappa shape index (κ3) is 6.62. The minimum atomic E-state index is -0.469. The van der Waals surface area contributed by atoms with Gasteiger partial charge in [-0.1, -0.05) is 78.0 Å². The van der Waals surface area contributed by atoms with Gasteiger partial charge in [-0.05, 0) is 73.8 Å². The van der Waals surface area contributed by atoms with E-state index in [9.17, 15) is 0 Å². The summed E-state index contributed by atoms with van der Waals surface area (Å²) in [6.07, 6.45) is 12.9. The molecule has 1 aromatic carbocycles. The summed E-state index contributed by atoms with van der Waals surface area (Å²) in [5.74, 6) is 0. The maximum absolute atomic E-state index is 7.28. The minimum Gasteiger partial charge on any atom is -0.322 e. The Bertz CT molecular complexity index is 778. The van der Waals surface area contributed by atoms with Crippen LogP contribution in [0.1, 0.15) is 105 Å². The third-order valence-corrected chi connectivity index (χ3v) is 6.77. The van der Waals surface area contributed by atoms with Crippen molar-refractivity contribution in [1.82, 2.24) is 0 Å². The number of nitrogens with two attached hydrogens (primary N) is 2. The fourth-order valence-electron chi connectivity index (χ4n) is 4.77. The topological polar surface area (TPSA) is 76.8 Å². The first kappa shape index (κ1) is 26.5. The third-order valence-electron chi connectivity index (χ3n) is 6.77. The molecule has 178 valence electrons. The molecule has 0 heterocycles. The molecule has 4 nitrogen and oxygen atoms in total. The van der Waals surface area contributed by atoms with Gasteiger partial charge in [0.25, 0.3) is 0 Å². The molecule has 32 heavy (non-hydrogen) atoms. The van der Waals surface area contributed by atoms with Gasteiger partial charge in [0, 0.05) is 0 Å². The van der Waals surface area contributed by atoms with Crippen LogP contribution in [0.15, 0.2) is 63.0 Å². The van der Waals surface area contributed by atoms with Crippen molar-refractivity contribution in [3.63, 3.8) is 0 Å². The molecular weight excluding hydrogens is 392 g/mol. The molecule has 0 saturated carbocycles. The Labute approximate surface area is 196 Å². The zero-order valence-electron chi connectivity index (χ0n) is 21.0. The molecule has 0 radical (unpaired) electrons. The van der Waals surface area contributed by atoms with Crippen LogP contribution >= 0.6 is 0 Å². The van der Waals surface area contributed by atoms with Gasteiger partial charge in [-0.25, -0.2) is 0 Å². The lowest BCUT2D eigenvalue weighted by Gasteiger charge is -2.45. The highest BCUT2D eigenvalue weighted by atomic mass is 15.1. The average Bonchev–Trinajstić information content (AvgIpc) is 2.81. The number of azo groups is 1. The molecule has 2 rings (SSSR count). The van der Waals surface area contributed by atoms with E-state index in [2.05, 4.69) is 32.8 Å². The van der Waals surface area contributed by atoms with Gasteiger partial charge in [-0.3, -0.25) is 0 Å². The van der Waals surface area contributed by atoms with Gasteiger partial charge >= 0.3 is 0 Å². The Kier molecular flexibility index (Phi) is 11.3. The van der Waals surface area contributed by atoms with E-state index in [0.717, 1.165) is 88.4 Å². The number of unbranched alkanes of at least 4 members (excludes halogenated alkanes) is 4. The van der Waals surface area contributed by atoms with Gasteiger partial charge in [-0.2, -0.15) is 10.2 Å². The normalized spacial score (nSPS) is 21.8. The maximum Gasteiger partial charge on any atom is 0.0897 e. The van der Waals surface area contributed by atoms with Gasteiger partial charge in [0.15, 0.2) is 0 Å². The highest BCUT2D eigenvalue weighted by molar-refractivity contribution is 5.51. The second kappa shape index (κ2) is 13.7. The maximum atomic E-state index is 7.28. The lowest BCUT2D eigenvalue weighted by Crippen LogP contribution is -2.59. The van der Waals surface area contributed by atoms with E-state index in [-0.39, 0.29) is 6.04 Å². The molecule has 1 aromatic rings. The molecule has 0 bridgehead atoms. The lowest BCUT2D eigenvalue weighted by atomic mass is 9.67. The smallest absolute Gasteiger partial charge is 0.0897 e. The fraction of sp³-hybridized carbons (Fsp3) is 0.643. The van der Waals surface area contributed by atoms with Crippen LogP contribution in [-0.4, -0.2) is 11.6 Å². The monoisotopic (exact) mass is 438 g/mol. The lowest BCUT2D eigenvalue weighted by molar-refractivity contribution is 0.359. The average molecular weight is 439 g/mol.